The third-order valence-corrected chi connectivity index (χ3v) is 3.64. The quantitative estimate of drug-likeness (QED) is 0.808. The highest BCUT2D eigenvalue weighted by molar-refractivity contribution is 9.10. The van der Waals surface area contributed by atoms with Crippen LogP contribution in [0.2, 0.25) is 0 Å². The lowest BCUT2D eigenvalue weighted by atomic mass is 10.1. The lowest BCUT2D eigenvalue weighted by Crippen LogP contribution is -2.23. The molecule has 0 saturated carbocycles. The molecule has 2 rings (SSSR count). The predicted octanol–water partition coefficient (Wildman–Crippen LogP) is 3.13. The van der Waals surface area contributed by atoms with Crippen LogP contribution in [-0.2, 0) is 6.54 Å². The van der Waals surface area contributed by atoms with E-state index in [1.165, 1.54) is 17.3 Å². The van der Waals surface area contributed by atoms with E-state index in [1.807, 2.05) is 6.07 Å². The Bertz CT molecular complexity index is 705. The molecule has 2 N–H and O–H groups in total. The number of carbonyl (C=O) groups excluding carboxylic acids is 1. The first kappa shape index (κ1) is 16.1. The molecular formula is C17H16BrN3O. The number of aryl methyl sites for hydroxylation is 1. The summed E-state index contributed by atoms with van der Waals surface area (Å²) in [5.74, 6) is 2.85. The molecule has 0 aliphatic heterocycles. The molecule has 1 aromatic carbocycles. The monoisotopic (exact) mass is 357 g/mol. The normalized spacial score (nSPS) is 9.86. The van der Waals surface area contributed by atoms with Crippen LogP contribution in [0.15, 0.2) is 41.0 Å². The standard InChI is InChI=1S/C17H16BrN3O/c1-3-8-19-17(22)13-5-7-16(20-10-13)21-11-14-9-15(18)6-4-12(14)2/h1,4-7,9-10H,8,11H2,2H3,(H,19,22)(H,20,21). The van der Waals surface area contributed by atoms with E-state index >= 15 is 0 Å². The smallest absolute Gasteiger partial charge is 0.253 e. The van der Waals surface area contributed by atoms with Crippen molar-refractivity contribution in [1.82, 2.24) is 10.3 Å². The number of nitrogens with zero attached hydrogens (tertiary/aromatic N) is 1. The van der Waals surface area contributed by atoms with E-state index in [2.05, 4.69) is 56.5 Å². The van der Waals surface area contributed by atoms with Crippen LogP contribution in [0.1, 0.15) is 21.5 Å². The molecule has 0 radical (unpaired) electrons. The third kappa shape index (κ3) is 4.34. The predicted molar refractivity (Wildman–Crippen MR) is 91.6 cm³/mol. The first-order valence-electron chi connectivity index (χ1n) is 6.77. The highest BCUT2D eigenvalue weighted by atomic mass is 79.9. The van der Waals surface area contributed by atoms with Gasteiger partial charge in [-0.25, -0.2) is 4.98 Å². The highest BCUT2D eigenvalue weighted by Gasteiger charge is 2.05. The molecule has 0 bridgehead atoms. The number of rotatable bonds is 5. The van der Waals surface area contributed by atoms with Crippen molar-refractivity contribution < 1.29 is 4.79 Å². The van der Waals surface area contributed by atoms with Crippen LogP contribution in [0.4, 0.5) is 5.82 Å². The molecule has 1 heterocycles. The summed E-state index contributed by atoms with van der Waals surface area (Å²) in [6.45, 7) is 2.94. The van der Waals surface area contributed by atoms with Gasteiger partial charge in [0.25, 0.3) is 5.91 Å². The first-order chi connectivity index (χ1) is 10.6. The zero-order chi connectivity index (χ0) is 15.9. The maximum atomic E-state index is 11.7. The average Bonchev–Trinajstić information content (AvgIpc) is 2.54. The summed E-state index contributed by atoms with van der Waals surface area (Å²) in [5, 5.41) is 5.84. The van der Waals surface area contributed by atoms with E-state index in [0.717, 1.165) is 4.47 Å². The number of nitrogens with one attached hydrogen (secondary N) is 2. The molecule has 1 aromatic heterocycles. The Morgan fingerprint density at radius 3 is 2.86 bits per heavy atom. The van der Waals surface area contributed by atoms with Crippen LogP contribution < -0.4 is 10.6 Å². The molecule has 2 aromatic rings. The summed E-state index contributed by atoms with van der Waals surface area (Å²) < 4.78 is 1.04. The Kier molecular flexibility index (Phi) is 5.56. The van der Waals surface area contributed by atoms with Crippen molar-refractivity contribution in [3.8, 4) is 12.3 Å². The second kappa shape index (κ2) is 7.62. The molecule has 1 amide bonds. The zero-order valence-corrected chi connectivity index (χ0v) is 13.8. The van der Waals surface area contributed by atoms with Gasteiger partial charge in [0.05, 0.1) is 12.1 Å². The number of halogens is 1. The number of terminal acetylenes is 1. The van der Waals surface area contributed by atoms with E-state index in [9.17, 15) is 4.79 Å². The Labute approximate surface area is 138 Å². The molecule has 0 spiro atoms. The number of pyridine rings is 1. The number of anilines is 1. The fourth-order valence-electron chi connectivity index (χ4n) is 1.88. The van der Waals surface area contributed by atoms with Gasteiger partial charge in [0, 0.05) is 17.2 Å². The topological polar surface area (TPSA) is 54.0 Å². The maximum Gasteiger partial charge on any atom is 0.253 e. The van der Waals surface area contributed by atoms with Crippen LogP contribution in [-0.4, -0.2) is 17.4 Å². The van der Waals surface area contributed by atoms with Gasteiger partial charge in [-0.2, -0.15) is 0 Å². The van der Waals surface area contributed by atoms with Crippen molar-refractivity contribution >= 4 is 27.7 Å². The van der Waals surface area contributed by atoms with Crippen molar-refractivity contribution in [1.29, 1.82) is 0 Å². The van der Waals surface area contributed by atoms with Crippen molar-refractivity contribution in [2.45, 2.75) is 13.5 Å². The van der Waals surface area contributed by atoms with Gasteiger partial charge in [-0.05, 0) is 42.3 Å². The Hall–Kier alpha value is -2.32. The van der Waals surface area contributed by atoms with Crippen LogP contribution >= 0.6 is 15.9 Å². The first-order valence-corrected chi connectivity index (χ1v) is 7.56. The number of amides is 1. The van der Waals surface area contributed by atoms with Crippen LogP contribution in [0.3, 0.4) is 0 Å². The molecule has 22 heavy (non-hydrogen) atoms. The number of hydrogen-bond donors (Lipinski definition) is 2. The van der Waals surface area contributed by atoms with Crippen molar-refractivity contribution in [2.75, 3.05) is 11.9 Å². The fourth-order valence-corrected chi connectivity index (χ4v) is 2.29. The molecular weight excluding hydrogens is 342 g/mol. The second-order valence-corrected chi connectivity index (χ2v) is 5.66. The highest BCUT2D eigenvalue weighted by Crippen LogP contribution is 2.17. The molecule has 112 valence electrons. The largest absolute Gasteiger partial charge is 0.366 e. The molecule has 4 nitrogen and oxygen atoms in total. The Morgan fingerprint density at radius 1 is 1.36 bits per heavy atom. The van der Waals surface area contributed by atoms with E-state index in [0.29, 0.717) is 17.9 Å². The average molecular weight is 358 g/mol. The van der Waals surface area contributed by atoms with E-state index in [4.69, 9.17) is 6.42 Å². The molecule has 5 heteroatoms. The summed E-state index contributed by atoms with van der Waals surface area (Å²) in [7, 11) is 0. The zero-order valence-electron chi connectivity index (χ0n) is 12.2. The summed E-state index contributed by atoms with van der Waals surface area (Å²) in [6, 6.07) is 9.64. The molecule has 0 saturated heterocycles. The molecule has 0 aliphatic carbocycles. The van der Waals surface area contributed by atoms with E-state index < -0.39 is 0 Å². The lowest BCUT2D eigenvalue weighted by molar-refractivity contribution is 0.0958. The second-order valence-electron chi connectivity index (χ2n) is 4.74. The number of hydrogen-bond acceptors (Lipinski definition) is 3. The van der Waals surface area contributed by atoms with Gasteiger partial charge in [-0.3, -0.25) is 4.79 Å². The summed E-state index contributed by atoms with van der Waals surface area (Å²) in [6.07, 6.45) is 6.63. The fraction of sp³-hybridized carbons (Fsp3) is 0.176. The number of benzene rings is 1. The number of carbonyl (C=O) groups is 1. The van der Waals surface area contributed by atoms with Gasteiger partial charge >= 0.3 is 0 Å². The van der Waals surface area contributed by atoms with E-state index in [1.54, 1.807) is 12.1 Å². The van der Waals surface area contributed by atoms with Crippen molar-refractivity contribution in [2.24, 2.45) is 0 Å². The number of aromatic nitrogens is 1. The minimum atomic E-state index is -0.222. The summed E-state index contributed by atoms with van der Waals surface area (Å²) in [4.78, 5) is 15.9. The van der Waals surface area contributed by atoms with E-state index in [-0.39, 0.29) is 12.5 Å². The van der Waals surface area contributed by atoms with Crippen molar-refractivity contribution in [3.05, 3.63) is 57.7 Å². The van der Waals surface area contributed by atoms with Gasteiger partial charge in [0.2, 0.25) is 0 Å². The lowest BCUT2D eigenvalue weighted by Gasteiger charge is -2.09. The molecule has 0 unspecified atom stereocenters. The van der Waals surface area contributed by atoms with Crippen LogP contribution in [0.5, 0.6) is 0 Å². The SMILES string of the molecule is C#CCNC(=O)c1ccc(NCc2cc(Br)ccc2C)nc1. The van der Waals surface area contributed by atoms with Crippen molar-refractivity contribution in [3.63, 3.8) is 0 Å². The summed E-state index contributed by atoms with van der Waals surface area (Å²) in [5.41, 5.74) is 2.88. The van der Waals surface area contributed by atoms with Crippen LogP contribution in [0, 0.1) is 19.3 Å². The minimum Gasteiger partial charge on any atom is -0.366 e. The minimum absolute atomic E-state index is 0.209. The molecule has 0 aliphatic rings. The maximum absolute atomic E-state index is 11.7. The van der Waals surface area contributed by atoms with Crippen LogP contribution in [0.25, 0.3) is 0 Å². The van der Waals surface area contributed by atoms with Gasteiger partial charge in [-0.15, -0.1) is 6.42 Å². The van der Waals surface area contributed by atoms with Gasteiger partial charge in [-0.1, -0.05) is 27.9 Å². The Balaban J connectivity index is 1.98. The van der Waals surface area contributed by atoms with Gasteiger partial charge < -0.3 is 10.6 Å². The Morgan fingerprint density at radius 2 is 2.18 bits per heavy atom. The van der Waals surface area contributed by atoms with Gasteiger partial charge in [0.1, 0.15) is 5.82 Å². The molecule has 0 atom stereocenters. The third-order valence-electron chi connectivity index (χ3n) is 3.15. The summed E-state index contributed by atoms with van der Waals surface area (Å²) >= 11 is 3.47. The molecule has 0 fully saturated rings. The van der Waals surface area contributed by atoms with Gasteiger partial charge in [0.15, 0.2) is 0 Å².